The van der Waals surface area contributed by atoms with E-state index in [0.717, 1.165) is 25.6 Å². The molecule has 6 nitrogen and oxygen atoms in total. The van der Waals surface area contributed by atoms with Crippen LogP contribution >= 0.6 is 0 Å². The molecule has 0 amide bonds. The van der Waals surface area contributed by atoms with E-state index in [1.54, 1.807) is 13.8 Å². The molecule has 0 radical (unpaired) electrons. The van der Waals surface area contributed by atoms with Crippen molar-refractivity contribution < 1.29 is 8.42 Å². The van der Waals surface area contributed by atoms with Crippen molar-refractivity contribution >= 4 is 16.0 Å². The zero-order chi connectivity index (χ0) is 13.5. The molecule has 0 aliphatic heterocycles. The van der Waals surface area contributed by atoms with E-state index in [-0.39, 0.29) is 0 Å². The van der Waals surface area contributed by atoms with Crippen LogP contribution in [0.15, 0.2) is 4.99 Å². The monoisotopic (exact) mass is 264 g/mol. The zero-order valence-corrected chi connectivity index (χ0v) is 11.9. The number of nitrogens with one attached hydrogen (secondary N) is 2. The van der Waals surface area contributed by atoms with Gasteiger partial charge in [-0.3, -0.25) is 4.99 Å². The van der Waals surface area contributed by atoms with E-state index in [1.807, 2.05) is 0 Å². The molecule has 0 spiro atoms. The first-order valence-corrected chi connectivity index (χ1v) is 7.58. The predicted molar refractivity (Wildman–Crippen MR) is 71.5 cm³/mol. The smallest absolute Gasteiger partial charge is 0.209 e. The molecule has 0 fully saturated rings. The van der Waals surface area contributed by atoms with E-state index in [4.69, 9.17) is 5.73 Å². The average Bonchev–Trinajstić information content (AvgIpc) is 2.12. The van der Waals surface area contributed by atoms with Gasteiger partial charge in [-0.25, -0.2) is 13.1 Å². The normalized spacial score (nSPS) is 13.8. The summed E-state index contributed by atoms with van der Waals surface area (Å²) in [5, 5.41) is 2.97. The lowest BCUT2D eigenvalue weighted by Crippen LogP contribution is -2.46. The molecule has 0 aliphatic rings. The summed E-state index contributed by atoms with van der Waals surface area (Å²) in [4.78, 5) is 4.11. The van der Waals surface area contributed by atoms with Crippen molar-refractivity contribution in [2.24, 2.45) is 10.7 Å². The highest BCUT2D eigenvalue weighted by atomic mass is 32.2. The number of rotatable bonds is 7. The van der Waals surface area contributed by atoms with Crippen LogP contribution in [0.2, 0.25) is 0 Å². The first kappa shape index (κ1) is 16.2. The molecule has 0 heterocycles. The van der Waals surface area contributed by atoms with Crippen molar-refractivity contribution in [2.45, 2.75) is 39.2 Å². The third kappa shape index (κ3) is 10.1. The van der Waals surface area contributed by atoms with Crippen LogP contribution in [-0.4, -0.2) is 39.3 Å². The summed E-state index contributed by atoms with van der Waals surface area (Å²) < 4.78 is 24.7. The van der Waals surface area contributed by atoms with Gasteiger partial charge < -0.3 is 11.1 Å². The number of sulfonamides is 1. The Balaban J connectivity index is 4.19. The molecular weight excluding hydrogens is 240 g/mol. The third-order valence-electron chi connectivity index (χ3n) is 1.94. The minimum absolute atomic E-state index is 0.297. The van der Waals surface area contributed by atoms with Gasteiger partial charge in [0.15, 0.2) is 5.96 Å². The Labute approximate surface area is 104 Å². The summed E-state index contributed by atoms with van der Waals surface area (Å²) in [5.41, 5.74) is 5.01. The van der Waals surface area contributed by atoms with Crippen molar-refractivity contribution in [3.63, 3.8) is 0 Å². The number of hydrogen-bond donors (Lipinski definition) is 3. The third-order valence-corrected chi connectivity index (χ3v) is 2.87. The summed E-state index contributed by atoms with van der Waals surface area (Å²) in [6, 6.07) is 0. The van der Waals surface area contributed by atoms with Crippen molar-refractivity contribution in [3.8, 4) is 0 Å². The molecule has 0 aromatic rings. The first-order chi connectivity index (χ1) is 7.66. The fraction of sp³-hybridized carbons (Fsp3) is 0.900. The Morgan fingerprint density at radius 1 is 1.41 bits per heavy atom. The largest absolute Gasteiger partial charge is 0.370 e. The van der Waals surface area contributed by atoms with Crippen LogP contribution in [0.5, 0.6) is 0 Å². The maximum absolute atomic E-state index is 11.1. The van der Waals surface area contributed by atoms with Crippen molar-refractivity contribution in [3.05, 3.63) is 0 Å². The van der Waals surface area contributed by atoms with Gasteiger partial charge in [0.25, 0.3) is 0 Å². The van der Waals surface area contributed by atoms with Crippen molar-refractivity contribution in [1.82, 2.24) is 10.0 Å². The van der Waals surface area contributed by atoms with Gasteiger partial charge in [-0.2, -0.15) is 0 Å². The molecular formula is C10H24N4O2S. The summed E-state index contributed by atoms with van der Waals surface area (Å²) in [6.45, 7) is 6.69. The van der Waals surface area contributed by atoms with Gasteiger partial charge in [0.05, 0.1) is 12.8 Å². The second-order valence-corrected chi connectivity index (χ2v) is 6.49. The molecule has 7 heteroatoms. The lowest BCUT2D eigenvalue weighted by Gasteiger charge is -2.22. The Bertz CT molecular complexity index is 349. The standard InChI is InChI=1S/C10H24N4O2S/c1-5-6-7-12-9(11)13-8-10(2,3)14-17(4,15)16/h14H,5-8H2,1-4H3,(H3,11,12,13). The second kappa shape index (κ2) is 6.80. The molecule has 0 aromatic carbocycles. The van der Waals surface area contributed by atoms with E-state index in [2.05, 4.69) is 22.0 Å². The Kier molecular flexibility index (Phi) is 6.48. The first-order valence-electron chi connectivity index (χ1n) is 5.69. The van der Waals surface area contributed by atoms with Gasteiger partial charge >= 0.3 is 0 Å². The maximum atomic E-state index is 11.1. The van der Waals surface area contributed by atoms with E-state index >= 15 is 0 Å². The molecule has 4 N–H and O–H groups in total. The predicted octanol–water partition coefficient (Wildman–Crippen LogP) is 0.0186. The van der Waals surface area contributed by atoms with Gasteiger partial charge in [-0.1, -0.05) is 13.3 Å². The minimum Gasteiger partial charge on any atom is -0.370 e. The van der Waals surface area contributed by atoms with E-state index in [9.17, 15) is 8.42 Å². The topological polar surface area (TPSA) is 96.6 Å². The molecule has 0 rings (SSSR count). The van der Waals surface area contributed by atoms with E-state index in [1.165, 1.54) is 0 Å². The van der Waals surface area contributed by atoms with Gasteiger partial charge in [-0.05, 0) is 20.3 Å². The van der Waals surface area contributed by atoms with Gasteiger partial charge in [0.1, 0.15) is 0 Å². The summed E-state index contributed by atoms with van der Waals surface area (Å²) in [5.74, 6) is 0.349. The number of aliphatic imine (C=N–C) groups is 1. The summed E-state index contributed by atoms with van der Waals surface area (Å²) >= 11 is 0. The number of hydrogen-bond acceptors (Lipinski definition) is 3. The molecule has 0 atom stereocenters. The molecule has 0 aliphatic carbocycles. The molecule has 17 heavy (non-hydrogen) atoms. The molecule has 0 bridgehead atoms. The van der Waals surface area contributed by atoms with E-state index in [0.29, 0.717) is 12.5 Å². The van der Waals surface area contributed by atoms with Crippen LogP contribution in [0.3, 0.4) is 0 Å². The fourth-order valence-corrected chi connectivity index (χ4v) is 2.33. The van der Waals surface area contributed by atoms with Crippen LogP contribution < -0.4 is 15.8 Å². The highest BCUT2D eigenvalue weighted by Gasteiger charge is 2.21. The van der Waals surface area contributed by atoms with Crippen molar-refractivity contribution in [2.75, 3.05) is 19.3 Å². The molecule has 102 valence electrons. The van der Waals surface area contributed by atoms with Gasteiger partial charge in [0.2, 0.25) is 10.0 Å². The zero-order valence-electron chi connectivity index (χ0n) is 11.1. The molecule has 0 unspecified atom stereocenters. The summed E-state index contributed by atoms with van der Waals surface area (Å²) in [6.07, 6.45) is 3.24. The minimum atomic E-state index is -3.23. The molecule has 0 aromatic heterocycles. The molecule has 0 saturated carbocycles. The molecule has 0 saturated heterocycles. The van der Waals surface area contributed by atoms with Crippen LogP contribution in [0.4, 0.5) is 0 Å². The lowest BCUT2D eigenvalue weighted by molar-refractivity contribution is 0.465. The van der Waals surface area contributed by atoms with Gasteiger partial charge in [0, 0.05) is 12.1 Å². The number of nitrogens with two attached hydrogens (primary N) is 1. The highest BCUT2D eigenvalue weighted by molar-refractivity contribution is 7.88. The van der Waals surface area contributed by atoms with Crippen molar-refractivity contribution in [1.29, 1.82) is 0 Å². The SMILES string of the molecule is CCCCNC(N)=NCC(C)(C)NS(C)(=O)=O. The van der Waals surface area contributed by atoms with Crippen LogP contribution in [0.25, 0.3) is 0 Å². The number of unbranched alkanes of at least 4 members (excludes halogenated alkanes) is 1. The maximum Gasteiger partial charge on any atom is 0.209 e. The van der Waals surface area contributed by atoms with E-state index < -0.39 is 15.6 Å². The highest BCUT2D eigenvalue weighted by Crippen LogP contribution is 2.03. The Hall–Kier alpha value is -0.820. The Morgan fingerprint density at radius 2 is 2.00 bits per heavy atom. The number of nitrogens with zero attached hydrogens (tertiary/aromatic N) is 1. The van der Waals surface area contributed by atoms with Gasteiger partial charge in [-0.15, -0.1) is 0 Å². The second-order valence-electron chi connectivity index (χ2n) is 4.74. The fourth-order valence-electron chi connectivity index (χ4n) is 1.27. The summed E-state index contributed by atoms with van der Waals surface area (Å²) in [7, 11) is -3.23. The van der Waals surface area contributed by atoms with Crippen LogP contribution in [-0.2, 0) is 10.0 Å². The average molecular weight is 264 g/mol. The van der Waals surface area contributed by atoms with Crippen LogP contribution in [0, 0.1) is 0 Å². The quantitative estimate of drug-likeness (QED) is 0.343. The number of guanidine groups is 1. The van der Waals surface area contributed by atoms with Crippen LogP contribution in [0.1, 0.15) is 33.6 Å². The Morgan fingerprint density at radius 3 is 2.47 bits per heavy atom. The lowest BCUT2D eigenvalue weighted by atomic mass is 10.1.